The maximum absolute atomic E-state index is 11.0. The molecule has 0 unspecified atom stereocenters. The van der Waals surface area contributed by atoms with E-state index >= 15 is 0 Å². The van der Waals surface area contributed by atoms with Crippen LogP contribution in [0.5, 0.6) is 11.5 Å². The molecule has 3 N–H and O–H groups in total. The number of carbonyl (C=O) groups excluding carboxylic acids is 1. The highest BCUT2D eigenvalue weighted by atomic mass is 16.7. The number of allylic oxidation sites excluding steroid dienone is 1. The van der Waals surface area contributed by atoms with E-state index < -0.39 is 5.91 Å². The Morgan fingerprint density at radius 3 is 2.83 bits per heavy atom. The molecule has 0 atom stereocenters. The minimum absolute atomic E-state index is 0.104. The predicted octanol–water partition coefficient (Wildman–Crippen LogP) is 1.11. The molecule has 0 aliphatic carbocycles. The molecule has 1 aromatic rings. The first-order valence-electron chi connectivity index (χ1n) is 5.19. The second-order valence-electron chi connectivity index (χ2n) is 3.67. The van der Waals surface area contributed by atoms with Crippen LogP contribution in [0.2, 0.25) is 0 Å². The van der Waals surface area contributed by atoms with Crippen molar-refractivity contribution in [2.24, 2.45) is 5.73 Å². The molecule has 1 amide bonds. The van der Waals surface area contributed by atoms with Crippen LogP contribution in [0, 0.1) is 11.3 Å². The van der Waals surface area contributed by atoms with Crippen molar-refractivity contribution in [3.8, 4) is 17.6 Å². The molecule has 0 fully saturated rings. The van der Waals surface area contributed by atoms with Gasteiger partial charge in [-0.1, -0.05) is 0 Å². The Bertz CT molecular complexity index is 572. The van der Waals surface area contributed by atoms with Crippen molar-refractivity contribution in [1.29, 1.82) is 5.26 Å². The predicted molar refractivity (Wildman–Crippen MR) is 63.7 cm³/mol. The highest BCUT2D eigenvalue weighted by molar-refractivity contribution is 5.97. The van der Waals surface area contributed by atoms with Crippen LogP contribution >= 0.6 is 0 Å². The fourth-order valence-electron chi connectivity index (χ4n) is 1.58. The van der Waals surface area contributed by atoms with Gasteiger partial charge in [-0.3, -0.25) is 4.79 Å². The molecule has 6 nitrogen and oxygen atoms in total. The molecule has 92 valence electrons. The van der Waals surface area contributed by atoms with E-state index in [9.17, 15) is 4.79 Å². The van der Waals surface area contributed by atoms with E-state index in [0.717, 1.165) is 0 Å². The average Bonchev–Trinajstić information content (AvgIpc) is 2.76. The summed E-state index contributed by atoms with van der Waals surface area (Å²) in [5, 5.41) is 11.7. The molecule has 0 aromatic heterocycles. The number of ether oxygens (including phenoxy) is 2. The zero-order valence-corrected chi connectivity index (χ0v) is 9.69. The molecular weight excluding hydrogens is 234 g/mol. The number of nitrogens with two attached hydrogens (primary N) is 1. The van der Waals surface area contributed by atoms with Crippen molar-refractivity contribution in [3.05, 3.63) is 29.5 Å². The normalized spacial score (nSPS) is 13.6. The van der Waals surface area contributed by atoms with E-state index in [1.807, 2.05) is 0 Å². The number of primary amides is 1. The van der Waals surface area contributed by atoms with Gasteiger partial charge >= 0.3 is 0 Å². The highest BCUT2D eigenvalue weighted by Crippen LogP contribution is 2.34. The number of anilines is 1. The second kappa shape index (κ2) is 4.67. The molecule has 18 heavy (non-hydrogen) atoms. The number of hydrogen-bond donors (Lipinski definition) is 2. The lowest BCUT2D eigenvalue weighted by Gasteiger charge is -2.08. The number of carbonyl (C=O) groups is 1. The summed E-state index contributed by atoms with van der Waals surface area (Å²) in [6, 6.07) is 6.99. The molecule has 6 heteroatoms. The van der Waals surface area contributed by atoms with Crippen LogP contribution < -0.4 is 20.5 Å². The molecule has 1 aliphatic heterocycles. The summed E-state index contributed by atoms with van der Waals surface area (Å²) in [6.45, 7) is 1.80. The molecule has 1 aliphatic rings. The SMILES string of the molecule is C/C(Nc1ccc2c(c1)OCO2)=C(/C#N)C(N)=O. The number of benzene rings is 1. The summed E-state index contributed by atoms with van der Waals surface area (Å²) in [5.41, 5.74) is 6.06. The molecule has 0 bridgehead atoms. The minimum atomic E-state index is -0.761. The molecule has 1 heterocycles. The molecule has 0 radical (unpaired) electrons. The lowest BCUT2D eigenvalue weighted by Crippen LogP contribution is -2.16. The minimum Gasteiger partial charge on any atom is -0.454 e. The van der Waals surface area contributed by atoms with E-state index in [1.54, 1.807) is 31.2 Å². The lowest BCUT2D eigenvalue weighted by atomic mass is 10.2. The van der Waals surface area contributed by atoms with Crippen LogP contribution in [-0.4, -0.2) is 12.7 Å². The Morgan fingerprint density at radius 1 is 1.44 bits per heavy atom. The van der Waals surface area contributed by atoms with Gasteiger partial charge in [0.2, 0.25) is 6.79 Å². The van der Waals surface area contributed by atoms with Crippen LogP contribution in [0.3, 0.4) is 0 Å². The van der Waals surface area contributed by atoms with Crippen LogP contribution in [0.4, 0.5) is 5.69 Å². The van der Waals surface area contributed by atoms with Crippen molar-refractivity contribution >= 4 is 11.6 Å². The van der Waals surface area contributed by atoms with E-state index in [0.29, 0.717) is 22.9 Å². The van der Waals surface area contributed by atoms with Gasteiger partial charge in [0, 0.05) is 17.5 Å². The summed E-state index contributed by atoms with van der Waals surface area (Å²) in [4.78, 5) is 11.0. The Balaban J connectivity index is 2.25. The largest absolute Gasteiger partial charge is 0.454 e. The first-order valence-corrected chi connectivity index (χ1v) is 5.19. The zero-order chi connectivity index (χ0) is 13.1. The van der Waals surface area contributed by atoms with E-state index in [4.69, 9.17) is 20.5 Å². The Labute approximate surface area is 104 Å². The molecule has 0 saturated heterocycles. The van der Waals surface area contributed by atoms with Crippen molar-refractivity contribution < 1.29 is 14.3 Å². The monoisotopic (exact) mass is 245 g/mol. The topological polar surface area (TPSA) is 97.4 Å². The third-order valence-corrected chi connectivity index (χ3v) is 2.44. The van der Waals surface area contributed by atoms with Crippen molar-refractivity contribution in [2.45, 2.75) is 6.92 Å². The van der Waals surface area contributed by atoms with Crippen LogP contribution in [0.25, 0.3) is 0 Å². The summed E-state index contributed by atoms with van der Waals surface area (Å²) in [6.07, 6.45) is 0. The van der Waals surface area contributed by atoms with Gasteiger partial charge in [-0.15, -0.1) is 0 Å². The average molecular weight is 245 g/mol. The quantitative estimate of drug-likeness (QED) is 0.614. The number of nitriles is 1. The first kappa shape index (κ1) is 11.8. The van der Waals surface area contributed by atoms with Gasteiger partial charge in [0.1, 0.15) is 11.6 Å². The van der Waals surface area contributed by atoms with Gasteiger partial charge in [-0.2, -0.15) is 5.26 Å². The number of fused-ring (bicyclic) bond motifs is 1. The number of rotatable bonds is 3. The third kappa shape index (κ3) is 2.20. The van der Waals surface area contributed by atoms with Gasteiger partial charge in [-0.05, 0) is 19.1 Å². The number of nitrogens with one attached hydrogen (secondary N) is 1. The smallest absolute Gasteiger partial charge is 0.261 e. The Kier molecular flexibility index (Phi) is 3.06. The summed E-state index contributed by atoms with van der Waals surface area (Å²) in [7, 11) is 0. The molecule has 2 rings (SSSR count). The molecule has 0 saturated carbocycles. The van der Waals surface area contributed by atoms with Gasteiger partial charge in [-0.25, -0.2) is 0 Å². The number of nitrogens with zero attached hydrogens (tertiary/aromatic N) is 1. The molecule has 0 spiro atoms. The lowest BCUT2D eigenvalue weighted by molar-refractivity contribution is -0.114. The van der Waals surface area contributed by atoms with Crippen LogP contribution in [-0.2, 0) is 4.79 Å². The number of amides is 1. The fraction of sp³-hybridized carbons (Fsp3) is 0.167. The third-order valence-electron chi connectivity index (χ3n) is 2.44. The van der Waals surface area contributed by atoms with Gasteiger partial charge in [0.15, 0.2) is 11.5 Å². The standard InChI is InChI=1S/C12H11N3O3/c1-7(9(5-13)12(14)16)15-8-2-3-10-11(4-8)18-6-17-10/h2-4,15H,6H2,1H3,(H2,14,16)/b9-7+. The van der Waals surface area contributed by atoms with Crippen molar-refractivity contribution in [2.75, 3.05) is 12.1 Å². The summed E-state index contributed by atoms with van der Waals surface area (Å²) < 4.78 is 10.4. The second-order valence-corrected chi connectivity index (χ2v) is 3.67. The highest BCUT2D eigenvalue weighted by Gasteiger charge is 2.14. The van der Waals surface area contributed by atoms with Gasteiger partial charge < -0.3 is 20.5 Å². The van der Waals surface area contributed by atoms with Crippen molar-refractivity contribution in [1.82, 2.24) is 0 Å². The first-order chi connectivity index (χ1) is 8.61. The van der Waals surface area contributed by atoms with Gasteiger partial charge in [0.25, 0.3) is 5.91 Å². The maximum atomic E-state index is 11.0. The molecule has 1 aromatic carbocycles. The summed E-state index contributed by atoms with van der Waals surface area (Å²) >= 11 is 0. The van der Waals surface area contributed by atoms with Crippen LogP contribution in [0.1, 0.15) is 6.92 Å². The zero-order valence-electron chi connectivity index (χ0n) is 9.69. The number of hydrogen-bond acceptors (Lipinski definition) is 5. The van der Waals surface area contributed by atoms with Crippen molar-refractivity contribution in [3.63, 3.8) is 0 Å². The van der Waals surface area contributed by atoms with E-state index in [2.05, 4.69) is 5.32 Å². The summed E-state index contributed by atoms with van der Waals surface area (Å²) in [5.74, 6) is 0.520. The van der Waals surface area contributed by atoms with Crippen LogP contribution in [0.15, 0.2) is 29.5 Å². The Morgan fingerprint density at radius 2 is 2.17 bits per heavy atom. The Hall–Kier alpha value is -2.68. The van der Waals surface area contributed by atoms with Gasteiger partial charge in [0.05, 0.1) is 0 Å². The van der Waals surface area contributed by atoms with E-state index in [-0.39, 0.29) is 12.4 Å². The van der Waals surface area contributed by atoms with E-state index in [1.165, 1.54) is 0 Å². The maximum Gasteiger partial charge on any atom is 0.261 e. The fourth-order valence-corrected chi connectivity index (χ4v) is 1.58. The molecular formula is C12H11N3O3.